The van der Waals surface area contributed by atoms with E-state index >= 15 is 0 Å². The van der Waals surface area contributed by atoms with Crippen LogP contribution in [0, 0.1) is 0 Å². The van der Waals surface area contributed by atoms with E-state index in [9.17, 15) is 0 Å². The van der Waals surface area contributed by atoms with Crippen molar-refractivity contribution in [3.8, 4) is 5.69 Å². The Bertz CT molecular complexity index is 1900. The molecular weight excluding hydrogens is 496 g/mol. The largest absolute Gasteiger partial charge is 0.310 e. The van der Waals surface area contributed by atoms with Crippen molar-refractivity contribution in [3.63, 3.8) is 0 Å². The molecule has 1 aromatic heterocycles. The number of nitrogens with zero attached hydrogens (tertiary/aromatic N) is 2. The molecule has 0 amide bonds. The van der Waals surface area contributed by atoms with Gasteiger partial charge in [-0.05, 0) is 71.8 Å². The molecule has 6 aromatic carbocycles. The van der Waals surface area contributed by atoms with Crippen LogP contribution < -0.4 is 4.90 Å². The Kier molecular flexibility index (Phi) is 6.17. The predicted octanol–water partition coefficient (Wildman–Crippen LogP) is 10.6. The van der Waals surface area contributed by atoms with Crippen LogP contribution in [-0.2, 0) is 5.41 Å². The molecule has 0 bridgehead atoms. The third-order valence-electron chi connectivity index (χ3n) is 8.29. The van der Waals surface area contributed by atoms with Crippen LogP contribution in [0.25, 0.3) is 27.5 Å². The van der Waals surface area contributed by atoms with Crippen LogP contribution in [0.5, 0.6) is 0 Å². The Morgan fingerprint density at radius 1 is 0.439 bits per heavy atom. The Balaban J connectivity index is 1.37. The quantitative estimate of drug-likeness (QED) is 0.208. The van der Waals surface area contributed by atoms with E-state index in [1.54, 1.807) is 0 Å². The number of rotatable bonds is 6. The first-order chi connectivity index (χ1) is 20.1. The van der Waals surface area contributed by atoms with Gasteiger partial charge in [-0.15, -0.1) is 0 Å². The van der Waals surface area contributed by atoms with Crippen LogP contribution in [0.3, 0.4) is 0 Å². The predicted molar refractivity (Wildman–Crippen MR) is 174 cm³/mol. The molecule has 0 aliphatic heterocycles. The maximum Gasteiger partial charge on any atom is 0.0542 e. The van der Waals surface area contributed by atoms with Crippen LogP contribution >= 0.6 is 0 Å². The molecule has 41 heavy (non-hydrogen) atoms. The molecule has 0 aliphatic carbocycles. The zero-order chi connectivity index (χ0) is 27.8. The van der Waals surface area contributed by atoms with E-state index in [2.05, 4.69) is 181 Å². The molecule has 1 heterocycles. The highest BCUT2D eigenvalue weighted by Crippen LogP contribution is 2.40. The molecule has 0 saturated heterocycles. The van der Waals surface area contributed by atoms with Crippen LogP contribution in [0.2, 0.25) is 0 Å². The van der Waals surface area contributed by atoms with Crippen LogP contribution in [0.1, 0.15) is 25.0 Å². The maximum absolute atomic E-state index is 2.39. The topological polar surface area (TPSA) is 8.17 Å². The smallest absolute Gasteiger partial charge is 0.0542 e. The van der Waals surface area contributed by atoms with E-state index in [4.69, 9.17) is 0 Å². The molecule has 0 atom stereocenters. The molecule has 0 saturated carbocycles. The SMILES string of the molecule is CC(C)(c1ccccc1)c1ccc(-n2c3ccccc3c3cc(N(c4ccccc4)c4ccccc4)ccc32)cc1. The molecule has 0 N–H and O–H groups in total. The average Bonchev–Trinajstić information content (AvgIpc) is 3.36. The first-order valence-corrected chi connectivity index (χ1v) is 14.2. The van der Waals surface area contributed by atoms with Crippen LogP contribution in [0.4, 0.5) is 17.1 Å². The van der Waals surface area contributed by atoms with E-state index in [1.807, 2.05) is 0 Å². The van der Waals surface area contributed by atoms with Gasteiger partial charge in [0.2, 0.25) is 0 Å². The number of anilines is 3. The second kappa shape index (κ2) is 10.1. The maximum atomic E-state index is 2.39. The molecule has 0 radical (unpaired) electrons. The average molecular weight is 529 g/mol. The Morgan fingerprint density at radius 2 is 0.951 bits per heavy atom. The van der Waals surface area contributed by atoms with Crippen molar-refractivity contribution >= 4 is 38.9 Å². The first kappa shape index (κ1) is 24.9. The van der Waals surface area contributed by atoms with Crippen molar-refractivity contribution in [3.05, 3.63) is 169 Å². The van der Waals surface area contributed by atoms with Gasteiger partial charge in [0.15, 0.2) is 0 Å². The van der Waals surface area contributed by atoms with Gasteiger partial charge in [0.1, 0.15) is 0 Å². The fraction of sp³-hybridized carbons (Fsp3) is 0.0769. The summed E-state index contributed by atoms with van der Waals surface area (Å²) in [6, 6.07) is 56.6. The lowest BCUT2D eigenvalue weighted by molar-refractivity contribution is 0.641. The summed E-state index contributed by atoms with van der Waals surface area (Å²) in [4.78, 5) is 2.33. The molecule has 0 fully saturated rings. The highest BCUT2D eigenvalue weighted by molar-refractivity contribution is 6.10. The summed E-state index contributed by atoms with van der Waals surface area (Å²) < 4.78 is 2.39. The standard InChI is InChI=1S/C39H32N2/c1-39(2,29-14-6-3-7-15-29)30-22-24-33(25-23-30)41-37-21-13-12-20-35(37)36-28-34(26-27-38(36)41)40(31-16-8-4-9-17-31)32-18-10-5-11-19-32/h3-28H,1-2H3. The summed E-state index contributed by atoms with van der Waals surface area (Å²) in [5.74, 6) is 0. The van der Waals surface area contributed by atoms with Crippen LogP contribution in [-0.4, -0.2) is 4.57 Å². The fourth-order valence-electron chi connectivity index (χ4n) is 6.03. The molecular formula is C39H32N2. The van der Waals surface area contributed by atoms with Crippen molar-refractivity contribution in [2.45, 2.75) is 19.3 Å². The summed E-state index contributed by atoms with van der Waals surface area (Å²) in [6.45, 7) is 4.59. The van der Waals surface area contributed by atoms with Crippen molar-refractivity contribution < 1.29 is 0 Å². The van der Waals surface area contributed by atoms with E-state index in [-0.39, 0.29) is 5.41 Å². The van der Waals surface area contributed by atoms with Crippen LogP contribution in [0.15, 0.2) is 158 Å². The number of hydrogen-bond donors (Lipinski definition) is 0. The zero-order valence-corrected chi connectivity index (χ0v) is 23.4. The lowest BCUT2D eigenvalue weighted by Gasteiger charge is -2.26. The van der Waals surface area contributed by atoms with Crippen molar-refractivity contribution in [2.24, 2.45) is 0 Å². The minimum absolute atomic E-state index is 0.0755. The number of fused-ring (bicyclic) bond motifs is 3. The number of hydrogen-bond acceptors (Lipinski definition) is 1. The van der Waals surface area contributed by atoms with E-state index in [0.717, 1.165) is 17.1 Å². The summed E-state index contributed by atoms with van der Waals surface area (Å²) >= 11 is 0. The summed E-state index contributed by atoms with van der Waals surface area (Å²) in [7, 11) is 0. The summed E-state index contributed by atoms with van der Waals surface area (Å²) in [5.41, 5.74) is 9.53. The zero-order valence-electron chi connectivity index (χ0n) is 23.4. The van der Waals surface area contributed by atoms with Gasteiger partial charge < -0.3 is 9.47 Å². The molecule has 0 unspecified atom stereocenters. The van der Waals surface area contributed by atoms with Crippen molar-refractivity contribution in [1.82, 2.24) is 4.57 Å². The van der Waals surface area contributed by atoms with E-state index in [1.165, 1.54) is 38.6 Å². The molecule has 2 heteroatoms. The lowest BCUT2D eigenvalue weighted by Crippen LogP contribution is -2.18. The molecule has 198 valence electrons. The second-order valence-corrected chi connectivity index (χ2v) is 11.1. The summed E-state index contributed by atoms with van der Waals surface area (Å²) in [6.07, 6.45) is 0. The summed E-state index contributed by atoms with van der Waals surface area (Å²) in [5, 5.41) is 2.49. The van der Waals surface area contributed by atoms with Gasteiger partial charge >= 0.3 is 0 Å². The van der Waals surface area contributed by atoms with Gasteiger partial charge in [-0.2, -0.15) is 0 Å². The minimum Gasteiger partial charge on any atom is -0.310 e. The third kappa shape index (κ3) is 4.38. The minimum atomic E-state index is -0.0755. The van der Waals surface area contributed by atoms with Crippen molar-refractivity contribution in [1.29, 1.82) is 0 Å². The van der Waals surface area contributed by atoms with Gasteiger partial charge in [-0.25, -0.2) is 0 Å². The monoisotopic (exact) mass is 528 g/mol. The molecule has 0 spiro atoms. The van der Waals surface area contributed by atoms with Gasteiger partial charge in [-0.1, -0.05) is 111 Å². The highest BCUT2D eigenvalue weighted by Gasteiger charge is 2.23. The number of benzene rings is 6. The lowest BCUT2D eigenvalue weighted by atomic mass is 9.78. The third-order valence-corrected chi connectivity index (χ3v) is 8.29. The molecule has 7 aromatic rings. The molecule has 7 rings (SSSR count). The Labute approximate surface area is 241 Å². The van der Waals surface area contributed by atoms with Crippen molar-refractivity contribution in [2.75, 3.05) is 4.90 Å². The van der Waals surface area contributed by atoms with Gasteiger partial charge in [0.25, 0.3) is 0 Å². The molecule has 2 nitrogen and oxygen atoms in total. The number of aromatic nitrogens is 1. The van der Waals surface area contributed by atoms with Gasteiger partial charge in [-0.3, -0.25) is 0 Å². The van der Waals surface area contributed by atoms with E-state index < -0.39 is 0 Å². The normalized spacial score (nSPS) is 11.7. The van der Waals surface area contributed by atoms with Gasteiger partial charge in [0.05, 0.1) is 11.0 Å². The second-order valence-electron chi connectivity index (χ2n) is 11.1. The first-order valence-electron chi connectivity index (χ1n) is 14.2. The Morgan fingerprint density at radius 3 is 1.59 bits per heavy atom. The van der Waals surface area contributed by atoms with E-state index in [0.29, 0.717) is 0 Å². The highest BCUT2D eigenvalue weighted by atomic mass is 15.1. The van der Waals surface area contributed by atoms with Gasteiger partial charge in [0, 0.05) is 38.9 Å². The number of para-hydroxylation sites is 3. The molecule has 0 aliphatic rings. The fourth-order valence-corrected chi connectivity index (χ4v) is 6.03. The Hall–Kier alpha value is -5.08.